The molecule has 644 valence electrons. The zero-order chi connectivity index (χ0) is 85.3. The highest BCUT2D eigenvalue weighted by Crippen LogP contribution is 2.43. The van der Waals surface area contributed by atoms with Crippen molar-refractivity contribution in [2.45, 2.75) is 287 Å². The van der Waals surface area contributed by atoms with Crippen molar-refractivity contribution in [1.29, 1.82) is 0 Å². The smallest absolute Gasteiger partial charge is 0.138 e. The first-order valence-electron chi connectivity index (χ1n) is 42.7. The summed E-state index contributed by atoms with van der Waals surface area (Å²) in [6, 6.07) is 45.9. The van der Waals surface area contributed by atoms with Crippen molar-refractivity contribution in [1.82, 2.24) is 0 Å². The van der Waals surface area contributed by atoms with Crippen molar-refractivity contribution >= 4 is 6.21 Å². The maximum absolute atomic E-state index is 10.3. The number of methoxy groups -OCH3 is 8. The molecule has 1 heterocycles. The summed E-state index contributed by atoms with van der Waals surface area (Å²) < 4.78 is 87.9. The number of aryl methyl sites for hydroxylation is 2. The van der Waals surface area contributed by atoms with Gasteiger partial charge in [0.1, 0.15) is 76.7 Å². The van der Waals surface area contributed by atoms with Crippen LogP contribution in [-0.4, -0.2) is 98.7 Å². The molecular formula is C101H139NO16. The van der Waals surface area contributed by atoms with E-state index in [4.69, 9.17) is 71.1 Å². The molecule has 0 spiro atoms. The Hall–Kier alpha value is -8.33. The van der Waals surface area contributed by atoms with E-state index >= 15 is 0 Å². The number of phenols is 1. The van der Waals surface area contributed by atoms with Crippen molar-refractivity contribution in [3.05, 3.63) is 228 Å². The molecule has 2 fully saturated rings. The van der Waals surface area contributed by atoms with Crippen LogP contribution in [0.15, 0.2) is 138 Å². The summed E-state index contributed by atoms with van der Waals surface area (Å²) in [6.45, 7) is 33.1. The van der Waals surface area contributed by atoms with E-state index in [1.54, 1.807) is 56.9 Å². The van der Waals surface area contributed by atoms with Crippen molar-refractivity contribution < 1.29 is 76.2 Å². The van der Waals surface area contributed by atoms with Crippen LogP contribution < -0.4 is 28.4 Å². The van der Waals surface area contributed by atoms with Gasteiger partial charge >= 0.3 is 0 Å². The summed E-state index contributed by atoms with van der Waals surface area (Å²) in [7, 11) is 13.5. The molecule has 1 aliphatic heterocycles. The number of aliphatic imine (C=N–C) groups is 1. The second kappa shape index (κ2) is 48.8. The Kier molecular flexibility index (Phi) is 39.3. The minimum atomic E-state index is -0.00955. The van der Waals surface area contributed by atoms with Crippen LogP contribution >= 0.6 is 0 Å². The number of nitrogens with zero attached hydrogens (tertiary/aromatic N) is 1. The molecule has 11 rings (SSSR count). The molecule has 8 aromatic carbocycles. The lowest BCUT2D eigenvalue weighted by Gasteiger charge is -2.34. The lowest BCUT2D eigenvalue weighted by Crippen LogP contribution is -2.39. The summed E-state index contributed by atoms with van der Waals surface area (Å²) in [5, 5.41) is 10.3. The third-order valence-electron chi connectivity index (χ3n) is 22.5. The number of rotatable bonds is 38. The van der Waals surface area contributed by atoms with Crippen LogP contribution in [0.1, 0.15) is 266 Å². The van der Waals surface area contributed by atoms with Gasteiger partial charge in [-0.15, -0.1) is 0 Å². The highest BCUT2D eigenvalue weighted by Gasteiger charge is 2.33. The number of benzene rings is 8. The van der Waals surface area contributed by atoms with E-state index in [1.807, 2.05) is 54.7 Å². The lowest BCUT2D eigenvalue weighted by atomic mass is 9.84. The van der Waals surface area contributed by atoms with Gasteiger partial charge in [-0.1, -0.05) is 147 Å². The number of phenolic OH excluding ortho intramolecular Hbond substituents is 1. The molecule has 118 heavy (non-hydrogen) atoms. The highest BCUT2D eigenvalue weighted by atomic mass is 16.6. The van der Waals surface area contributed by atoms with Gasteiger partial charge in [0.05, 0.1) is 71.6 Å². The summed E-state index contributed by atoms with van der Waals surface area (Å²) >= 11 is 0. The molecule has 1 N–H and O–H groups in total. The predicted octanol–water partition coefficient (Wildman–Crippen LogP) is 24.4. The Morgan fingerprint density at radius 1 is 0.390 bits per heavy atom. The normalized spacial score (nSPS) is 16.7. The molecule has 2 aliphatic carbocycles. The van der Waals surface area contributed by atoms with E-state index in [0.717, 1.165) is 165 Å². The molecule has 2 saturated carbocycles. The topological polar surface area (TPSA) is 171 Å². The van der Waals surface area contributed by atoms with Crippen LogP contribution in [0.2, 0.25) is 0 Å². The van der Waals surface area contributed by atoms with Crippen molar-refractivity contribution in [3.8, 4) is 51.7 Å². The van der Waals surface area contributed by atoms with Gasteiger partial charge in [-0.25, -0.2) is 0 Å². The predicted molar refractivity (Wildman–Crippen MR) is 474 cm³/mol. The zero-order valence-electron chi connectivity index (χ0n) is 75.0. The fourth-order valence-corrected chi connectivity index (χ4v) is 15.1. The summed E-state index contributed by atoms with van der Waals surface area (Å²) in [5.74, 6) is 8.58. The van der Waals surface area contributed by atoms with Crippen LogP contribution in [0.25, 0.3) is 0 Å². The van der Waals surface area contributed by atoms with Gasteiger partial charge in [-0.05, 0) is 215 Å². The maximum atomic E-state index is 10.3. The largest absolute Gasteiger partial charge is 0.507 e. The molecule has 0 amide bonds. The average molecular weight is 1620 g/mol. The minimum absolute atomic E-state index is 0.00955. The molecule has 8 atom stereocenters. The van der Waals surface area contributed by atoms with E-state index in [0.29, 0.717) is 83.8 Å². The van der Waals surface area contributed by atoms with Crippen LogP contribution in [0, 0.1) is 13.8 Å². The first kappa shape index (κ1) is 95.1. The van der Waals surface area contributed by atoms with E-state index in [9.17, 15) is 5.11 Å². The quantitative estimate of drug-likeness (QED) is 0.0387. The fourth-order valence-electron chi connectivity index (χ4n) is 15.1. The summed E-state index contributed by atoms with van der Waals surface area (Å²) in [6.07, 6.45) is 15.7. The Morgan fingerprint density at radius 2 is 0.754 bits per heavy atom. The Bertz CT molecular complexity index is 4230. The molecule has 0 saturated heterocycles. The summed E-state index contributed by atoms with van der Waals surface area (Å²) in [5.41, 5.74) is 18.3. The second-order valence-electron chi connectivity index (χ2n) is 32.9. The average Bonchev–Trinajstić information content (AvgIpc) is 1.73. The van der Waals surface area contributed by atoms with Gasteiger partial charge in [0.25, 0.3) is 0 Å². The number of fused-ring (bicyclic) bond motifs is 1. The lowest BCUT2D eigenvalue weighted by molar-refractivity contribution is -0.0807. The van der Waals surface area contributed by atoms with Crippen LogP contribution in [-0.2, 0) is 114 Å². The molecule has 3 aliphatic rings. The number of hydrogen-bond donors (Lipinski definition) is 1. The standard InChI is InChI=1S/C32H39NO4.C27H38O4.C21H34O4.C21H28O4/c1-8-21(2)22-9-11-26(12-10-22)36-29-13-14-30(28-18-33-17-27(28)29)37-31-23(19-34-6)15-25(32(3,4)5)16-24(31)20-35-7;1-6-20(3)21-11-13-24(14-12-21)30-25-9-7-8-10-26(25)31-27-22(17-28-4)15-19(2)16-23(27)18-29-5;1-6-16(3)24-19-9-7-8-10-20(19)25-21-17(13-22-4)11-15(2)12-18(21)14-23-5;1-5-15(2)17-6-8-20(9-7-17)25-12-16-10-18(13-23-3)21(22)19(11-16)14-24-4/h9-17,21H,8,18-20H2,1-7H3;11-16,20,25-26H,6-10,17-18H2,1-5H3;11-12,16,19-20H,6-10,13-14H2,1-5H3;6-11,15,22H,5,12-14H2,1-4H3. The molecule has 8 aromatic rings. The van der Waals surface area contributed by atoms with E-state index in [2.05, 4.69) is 180 Å². The molecule has 17 nitrogen and oxygen atoms in total. The molecule has 0 radical (unpaired) electrons. The number of ether oxygens (including phenoxy) is 15. The molecule has 17 heteroatoms. The SMILES string of the molecule is CCC(C)OC1CCCCC1Oc1c(COC)cc(C)cc1COC.CCC(C)c1ccc(OC2CCCCC2Oc2c(COC)cc(C)cc2COC)cc1.CCC(C)c1ccc(OCc2cc(COC)c(O)c(COC)c2)cc1.CCC(C)c1ccc(Oc2ccc(Oc3c(COC)cc(C(C)(C)C)cc3COC)c3c2C=NC3)cc1. The minimum Gasteiger partial charge on any atom is -0.507 e. The van der Waals surface area contributed by atoms with Crippen molar-refractivity contribution in [3.63, 3.8) is 0 Å². The van der Waals surface area contributed by atoms with E-state index in [-0.39, 0.29) is 41.7 Å². The van der Waals surface area contributed by atoms with Gasteiger partial charge in [-0.3, -0.25) is 4.99 Å². The van der Waals surface area contributed by atoms with E-state index in [1.165, 1.54) is 52.6 Å². The van der Waals surface area contributed by atoms with Crippen LogP contribution in [0.4, 0.5) is 0 Å². The third-order valence-corrected chi connectivity index (χ3v) is 22.5. The van der Waals surface area contributed by atoms with Gasteiger partial charge in [0.2, 0.25) is 0 Å². The molecular weight excluding hydrogens is 1480 g/mol. The van der Waals surface area contributed by atoms with Crippen molar-refractivity contribution in [2.24, 2.45) is 4.99 Å². The second-order valence-corrected chi connectivity index (χ2v) is 32.9. The molecule has 0 bridgehead atoms. The number of aromatic hydroxyl groups is 1. The highest BCUT2D eigenvalue weighted by molar-refractivity contribution is 5.89. The molecule has 8 unspecified atom stereocenters. The molecule has 0 aromatic heterocycles. The Morgan fingerprint density at radius 3 is 1.15 bits per heavy atom. The van der Waals surface area contributed by atoms with Gasteiger partial charge in [0.15, 0.2) is 0 Å². The third kappa shape index (κ3) is 27.9. The first-order valence-corrected chi connectivity index (χ1v) is 42.7. The maximum Gasteiger partial charge on any atom is 0.138 e. The monoisotopic (exact) mass is 1620 g/mol. The van der Waals surface area contributed by atoms with Crippen LogP contribution in [0.3, 0.4) is 0 Å². The van der Waals surface area contributed by atoms with Gasteiger partial charge in [-0.2, -0.15) is 0 Å². The first-order chi connectivity index (χ1) is 57.0. The fraction of sp³-hybridized carbons (Fsp3) is 0.515. The Labute approximate surface area is 707 Å². The van der Waals surface area contributed by atoms with Crippen molar-refractivity contribution in [2.75, 3.05) is 56.9 Å². The van der Waals surface area contributed by atoms with Gasteiger partial charge < -0.3 is 76.2 Å². The van der Waals surface area contributed by atoms with E-state index < -0.39 is 0 Å². The Balaban J connectivity index is 0.000000199. The van der Waals surface area contributed by atoms with Crippen LogP contribution in [0.5, 0.6) is 51.7 Å². The van der Waals surface area contributed by atoms with Gasteiger partial charge in [0, 0.05) is 119 Å². The zero-order valence-corrected chi connectivity index (χ0v) is 75.0. The number of hydrogen-bond acceptors (Lipinski definition) is 17. The summed E-state index contributed by atoms with van der Waals surface area (Å²) in [4.78, 5) is 4.53.